The molecule has 0 unspecified atom stereocenters. The van der Waals surface area contributed by atoms with Gasteiger partial charge in [-0.3, -0.25) is 4.90 Å². The number of ether oxygens (including phenoxy) is 3. The second kappa shape index (κ2) is 10.9. The van der Waals surface area contributed by atoms with E-state index in [1.54, 1.807) is 7.11 Å². The highest BCUT2D eigenvalue weighted by Crippen LogP contribution is 2.28. The normalized spacial score (nSPS) is 12.1. The molecule has 154 valence electrons. The number of likely N-dealkylation sites (N-methyl/N-ethyl adjacent to an activating group) is 1. The highest BCUT2D eigenvalue weighted by molar-refractivity contribution is 5.43. The number of rotatable bonds is 11. The van der Waals surface area contributed by atoms with Crippen LogP contribution in [0.3, 0.4) is 0 Å². The lowest BCUT2D eigenvalue weighted by molar-refractivity contribution is 0.0741. The summed E-state index contributed by atoms with van der Waals surface area (Å²) in [5, 5.41) is 19.2. The van der Waals surface area contributed by atoms with Crippen LogP contribution in [0.4, 0.5) is 0 Å². The summed E-state index contributed by atoms with van der Waals surface area (Å²) in [6.07, 6.45) is -0.597. The first-order chi connectivity index (χ1) is 13.4. The number of aliphatic hydroxyl groups is 2. The summed E-state index contributed by atoms with van der Waals surface area (Å²) >= 11 is 0. The summed E-state index contributed by atoms with van der Waals surface area (Å²) in [4.78, 5) is 2.03. The molecule has 0 aromatic heterocycles. The molecule has 2 aromatic rings. The van der Waals surface area contributed by atoms with Crippen molar-refractivity contribution >= 4 is 0 Å². The van der Waals surface area contributed by atoms with Gasteiger partial charge in [0.05, 0.1) is 13.7 Å². The lowest BCUT2D eigenvalue weighted by Crippen LogP contribution is -2.32. The molecule has 0 bridgehead atoms. The van der Waals surface area contributed by atoms with Crippen LogP contribution in [0, 0.1) is 13.8 Å². The van der Waals surface area contributed by atoms with Gasteiger partial charge in [0.1, 0.15) is 25.1 Å². The summed E-state index contributed by atoms with van der Waals surface area (Å²) in [6, 6.07) is 11.7. The van der Waals surface area contributed by atoms with Gasteiger partial charge >= 0.3 is 0 Å². The lowest BCUT2D eigenvalue weighted by Gasteiger charge is -2.22. The van der Waals surface area contributed by atoms with Crippen molar-refractivity contribution in [3.05, 3.63) is 53.1 Å². The molecule has 0 spiro atoms. The van der Waals surface area contributed by atoms with Crippen molar-refractivity contribution in [2.75, 3.05) is 40.5 Å². The number of aryl methyl sites for hydroxylation is 2. The molecule has 0 amide bonds. The van der Waals surface area contributed by atoms with Crippen LogP contribution in [0.1, 0.15) is 16.7 Å². The number of hydrogen-bond donors (Lipinski definition) is 2. The molecule has 0 saturated heterocycles. The first-order valence-corrected chi connectivity index (χ1v) is 9.40. The maximum atomic E-state index is 10.3. The second-order valence-electron chi connectivity index (χ2n) is 6.99. The highest BCUT2D eigenvalue weighted by atomic mass is 16.5. The summed E-state index contributed by atoms with van der Waals surface area (Å²) < 4.78 is 16.6. The lowest BCUT2D eigenvalue weighted by atomic mass is 10.1. The van der Waals surface area contributed by atoms with Crippen molar-refractivity contribution in [2.45, 2.75) is 26.5 Å². The Balaban J connectivity index is 1.86. The molecule has 28 heavy (non-hydrogen) atoms. The zero-order valence-corrected chi connectivity index (χ0v) is 17.1. The fourth-order valence-electron chi connectivity index (χ4n) is 3.02. The van der Waals surface area contributed by atoms with Gasteiger partial charge in [-0.2, -0.15) is 0 Å². The van der Waals surface area contributed by atoms with E-state index >= 15 is 0 Å². The maximum Gasteiger partial charge on any atom is 0.161 e. The van der Waals surface area contributed by atoms with E-state index in [4.69, 9.17) is 19.3 Å². The number of aliphatic hydroxyl groups excluding tert-OH is 2. The minimum Gasteiger partial charge on any atom is -0.493 e. The van der Waals surface area contributed by atoms with Crippen molar-refractivity contribution in [3.63, 3.8) is 0 Å². The van der Waals surface area contributed by atoms with Crippen LogP contribution >= 0.6 is 0 Å². The molecule has 1 atom stereocenters. The van der Waals surface area contributed by atoms with E-state index < -0.39 is 6.10 Å². The Kier molecular flexibility index (Phi) is 8.57. The van der Waals surface area contributed by atoms with Crippen LogP contribution in [0.2, 0.25) is 0 Å². The average molecular weight is 389 g/mol. The standard InChI is InChI=1S/C22H31NO5/c1-16-5-7-20(17(2)11-16)28-15-19(25)14-23(3)13-18-6-8-21(27-10-9-24)22(12-18)26-4/h5-8,11-12,19,24-25H,9-10,13-15H2,1-4H3/t19-/m1/s1. The zero-order chi connectivity index (χ0) is 20.5. The number of hydrogen-bond acceptors (Lipinski definition) is 6. The van der Waals surface area contributed by atoms with Gasteiger partial charge in [-0.15, -0.1) is 0 Å². The fraction of sp³-hybridized carbons (Fsp3) is 0.455. The summed E-state index contributed by atoms with van der Waals surface area (Å²) in [5.41, 5.74) is 3.29. The molecule has 2 aromatic carbocycles. The summed E-state index contributed by atoms with van der Waals surface area (Å²) in [7, 11) is 3.53. The number of benzene rings is 2. The second-order valence-corrected chi connectivity index (χ2v) is 6.99. The molecule has 0 aliphatic heterocycles. The molecule has 0 aliphatic carbocycles. The van der Waals surface area contributed by atoms with E-state index in [1.165, 1.54) is 5.56 Å². The van der Waals surface area contributed by atoms with Crippen LogP contribution in [0.25, 0.3) is 0 Å². The molecular formula is C22H31NO5. The van der Waals surface area contributed by atoms with Gasteiger partial charge in [0, 0.05) is 13.1 Å². The molecule has 0 heterocycles. The van der Waals surface area contributed by atoms with Gasteiger partial charge in [-0.05, 0) is 50.2 Å². The van der Waals surface area contributed by atoms with Crippen molar-refractivity contribution in [2.24, 2.45) is 0 Å². The van der Waals surface area contributed by atoms with Gasteiger partial charge in [-0.1, -0.05) is 23.8 Å². The zero-order valence-electron chi connectivity index (χ0n) is 17.1. The minimum absolute atomic E-state index is 0.0459. The SMILES string of the molecule is COc1cc(CN(C)C[C@@H](O)COc2ccc(C)cc2C)ccc1OCCO. The van der Waals surface area contributed by atoms with E-state index in [1.807, 2.05) is 56.1 Å². The van der Waals surface area contributed by atoms with Gasteiger partial charge < -0.3 is 24.4 Å². The Labute approximate surface area is 167 Å². The topological polar surface area (TPSA) is 71.4 Å². The van der Waals surface area contributed by atoms with Crippen molar-refractivity contribution in [3.8, 4) is 17.2 Å². The predicted octanol–water partition coefficient (Wildman–Crippen LogP) is 2.55. The third kappa shape index (κ3) is 6.71. The molecule has 0 fully saturated rings. The van der Waals surface area contributed by atoms with Crippen LogP contribution in [0.5, 0.6) is 17.2 Å². The Morgan fingerprint density at radius 3 is 2.43 bits per heavy atom. The first-order valence-electron chi connectivity index (χ1n) is 9.40. The highest BCUT2D eigenvalue weighted by Gasteiger charge is 2.12. The van der Waals surface area contributed by atoms with E-state index in [9.17, 15) is 5.11 Å². The molecule has 0 saturated carbocycles. The number of methoxy groups -OCH3 is 1. The van der Waals surface area contributed by atoms with Crippen LogP contribution in [0.15, 0.2) is 36.4 Å². The van der Waals surface area contributed by atoms with E-state index in [0.717, 1.165) is 16.9 Å². The predicted molar refractivity (Wildman–Crippen MR) is 109 cm³/mol. The molecule has 6 heteroatoms. The van der Waals surface area contributed by atoms with Crippen molar-refractivity contribution in [1.29, 1.82) is 0 Å². The van der Waals surface area contributed by atoms with Crippen LogP contribution in [-0.2, 0) is 6.54 Å². The summed E-state index contributed by atoms with van der Waals surface area (Å²) in [6.45, 7) is 5.60. The molecule has 0 radical (unpaired) electrons. The third-order valence-corrected chi connectivity index (χ3v) is 4.31. The van der Waals surface area contributed by atoms with E-state index in [0.29, 0.717) is 24.6 Å². The van der Waals surface area contributed by atoms with Gasteiger partial charge in [-0.25, -0.2) is 0 Å². The van der Waals surface area contributed by atoms with Crippen LogP contribution in [-0.4, -0.2) is 61.7 Å². The van der Waals surface area contributed by atoms with Crippen LogP contribution < -0.4 is 14.2 Å². The molecular weight excluding hydrogens is 358 g/mol. The smallest absolute Gasteiger partial charge is 0.161 e. The third-order valence-electron chi connectivity index (χ3n) is 4.31. The Morgan fingerprint density at radius 1 is 1.00 bits per heavy atom. The Morgan fingerprint density at radius 2 is 1.75 bits per heavy atom. The fourth-order valence-corrected chi connectivity index (χ4v) is 3.02. The monoisotopic (exact) mass is 389 g/mol. The van der Waals surface area contributed by atoms with Gasteiger partial charge in [0.25, 0.3) is 0 Å². The Hall–Kier alpha value is -2.28. The Bertz CT molecular complexity index is 750. The van der Waals surface area contributed by atoms with Gasteiger partial charge in [0.2, 0.25) is 0 Å². The molecule has 6 nitrogen and oxygen atoms in total. The van der Waals surface area contributed by atoms with E-state index in [-0.39, 0.29) is 19.8 Å². The molecule has 2 N–H and O–H groups in total. The van der Waals surface area contributed by atoms with E-state index in [2.05, 4.69) is 6.07 Å². The quantitative estimate of drug-likeness (QED) is 0.616. The average Bonchev–Trinajstić information content (AvgIpc) is 2.66. The van der Waals surface area contributed by atoms with Gasteiger partial charge in [0.15, 0.2) is 11.5 Å². The molecule has 2 rings (SSSR count). The summed E-state index contributed by atoms with van der Waals surface area (Å²) in [5.74, 6) is 2.03. The molecule has 0 aliphatic rings. The first kappa shape index (κ1) is 22.0. The van der Waals surface area contributed by atoms with Crippen molar-refractivity contribution in [1.82, 2.24) is 4.90 Å². The largest absolute Gasteiger partial charge is 0.493 e. The number of nitrogens with zero attached hydrogens (tertiary/aromatic N) is 1. The minimum atomic E-state index is -0.597. The maximum absolute atomic E-state index is 10.3. The van der Waals surface area contributed by atoms with Crippen molar-refractivity contribution < 1.29 is 24.4 Å².